The molecular formula is C83H102Br3N13O9S. The minimum atomic E-state index is -3.61. The Hall–Kier alpha value is -8.21. The van der Waals surface area contributed by atoms with Crippen molar-refractivity contribution >= 4 is 111 Å². The Morgan fingerprint density at radius 3 is 1.00 bits per heavy atom. The highest BCUT2D eigenvalue weighted by Gasteiger charge is 2.39. The van der Waals surface area contributed by atoms with Crippen LogP contribution in [0.5, 0.6) is 0 Å². The summed E-state index contributed by atoms with van der Waals surface area (Å²) in [5, 5.41) is 0. The van der Waals surface area contributed by atoms with Crippen LogP contribution in [0.25, 0.3) is 34.9 Å². The van der Waals surface area contributed by atoms with E-state index in [9.17, 15) is 22.8 Å². The van der Waals surface area contributed by atoms with Gasteiger partial charge in [-0.3, -0.25) is 33.8 Å². The number of fused-ring (bicyclic) bond motifs is 6. The molecule has 26 heteroatoms. The van der Waals surface area contributed by atoms with Crippen LogP contribution < -0.4 is 0 Å². The fourth-order valence-corrected chi connectivity index (χ4v) is 15.8. The molecule has 8 heterocycles. The number of carbonyl (C=O) groups excluding carboxylic acids is 3. The number of ether oxygens (including phenoxy) is 3. The van der Waals surface area contributed by atoms with Crippen molar-refractivity contribution in [2.45, 2.75) is 139 Å². The van der Waals surface area contributed by atoms with E-state index in [1.54, 1.807) is 11.1 Å². The van der Waals surface area contributed by atoms with E-state index in [4.69, 9.17) is 33.3 Å². The average molecular weight is 1700 g/mol. The summed E-state index contributed by atoms with van der Waals surface area (Å²) in [6.07, 6.45) is 20.0. The molecule has 3 aliphatic heterocycles. The number of hydrogen-bond acceptors (Lipinski definition) is 17. The van der Waals surface area contributed by atoms with Crippen LogP contribution >= 0.6 is 47.8 Å². The Morgan fingerprint density at radius 2 is 0.725 bits per heavy atom. The number of amides is 3. The van der Waals surface area contributed by atoms with E-state index in [1.165, 1.54) is 33.4 Å². The van der Waals surface area contributed by atoms with Crippen LogP contribution in [-0.4, -0.2) is 198 Å². The summed E-state index contributed by atoms with van der Waals surface area (Å²) < 4.78 is 52.5. The number of aryl methyl sites for hydroxylation is 2. The molecule has 3 aliphatic carbocycles. The van der Waals surface area contributed by atoms with E-state index < -0.39 is 26.9 Å². The van der Waals surface area contributed by atoms with Crippen molar-refractivity contribution in [3.8, 4) is 0 Å². The van der Waals surface area contributed by atoms with Gasteiger partial charge in [0.25, 0.3) is 10.1 Å². The largest absolute Gasteiger partial charge is 0.444 e. The van der Waals surface area contributed by atoms with E-state index in [2.05, 4.69) is 154 Å². The van der Waals surface area contributed by atoms with Crippen LogP contribution in [-0.2, 0) is 41.6 Å². The van der Waals surface area contributed by atoms with E-state index >= 15 is 0 Å². The van der Waals surface area contributed by atoms with E-state index in [-0.39, 0.29) is 57.9 Å². The van der Waals surface area contributed by atoms with Crippen molar-refractivity contribution in [3.63, 3.8) is 0 Å². The lowest BCUT2D eigenvalue weighted by Crippen LogP contribution is -2.51. The third-order valence-electron chi connectivity index (χ3n) is 19.3. The highest BCUT2D eigenvalue weighted by atomic mass is 79.9. The van der Waals surface area contributed by atoms with Crippen LogP contribution in [0.15, 0.2) is 148 Å². The van der Waals surface area contributed by atoms with Crippen LogP contribution in [0.3, 0.4) is 0 Å². The number of rotatable bonds is 10. The van der Waals surface area contributed by atoms with Gasteiger partial charge in [0.05, 0.1) is 48.1 Å². The molecule has 0 saturated carbocycles. The van der Waals surface area contributed by atoms with Gasteiger partial charge in [-0.25, -0.2) is 24.4 Å². The lowest BCUT2D eigenvalue weighted by atomic mass is 9.93. The quantitative estimate of drug-likeness (QED) is 0.0918. The maximum Gasteiger partial charge on any atom is 0.410 e. The first-order valence-electron chi connectivity index (χ1n) is 36.1. The van der Waals surface area contributed by atoms with Crippen molar-refractivity contribution < 1.29 is 41.2 Å². The summed E-state index contributed by atoms with van der Waals surface area (Å²) in [5.74, 6) is 1.97. The van der Waals surface area contributed by atoms with Gasteiger partial charge in [-0.05, 0) is 227 Å². The average Bonchev–Trinajstić information content (AvgIpc) is 1.67. The van der Waals surface area contributed by atoms with Crippen molar-refractivity contribution in [2.24, 2.45) is 0 Å². The molecule has 5 aromatic heterocycles. The number of halogens is 3. The van der Waals surface area contributed by atoms with Gasteiger partial charge in [0.1, 0.15) is 28.5 Å². The topological polar surface area (TPSA) is 216 Å². The molecule has 3 aromatic carbocycles. The number of benzene rings is 3. The number of pyridine rings is 3. The Kier molecular flexibility index (Phi) is 26.7. The van der Waals surface area contributed by atoms with Crippen LogP contribution in [0.2, 0.25) is 0 Å². The second-order valence-corrected chi connectivity index (χ2v) is 34.9. The van der Waals surface area contributed by atoms with Crippen molar-refractivity contribution in [1.29, 1.82) is 0 Å². The monoisotopic (exact) mass is 1690 g/mol. The molecule has 8 aromatic rings. The smallest absolute Gasteiger partial charge is 0.410 e. The molecule has 3 saturated heterocycles. The Labute approximate surface area is 668 Å². The van der Waals surface area contributed by atoms with E-state index in [0.29, 0.717) is 52.4 Å². The fraction of sp³-hybridized carbons (Fsp3) is 0.422. The van der Waals surface area contributed by atoms with Gasteiger partial charge in [0, 0.05) is 148 Å². The summed E-state index contributed by atoms with van der Waals surface area (Å²) in [6, 6.07) is 31.3. The standard InChI is InChI=1S/2C28H32BrN5O2.C25H30BrN3O5S.2CH4/c2*1-19-30-9-10-34(19)18-21-15-20-16-22(29)17-31-25(20)26(24-8-6-5-7-23(21)24)32-11-13-33(14-12-32)27(35)36-28(2,3)4;1-25(2,3)34-24(30)29-11-9-28(10-12-29)23-21-8-6-5-7-20(21)18(16-33-35(4,31)32)13-17-14-19(26)15-27-22(17)23;;/h2*5-10,15-17,26H,11-14,18H2,1-4H3;5-8,13-15,23H,9-12,16H2,1-4H3;2*1H4. The highest BCUT2D eigenvalue weighted by Crippen LogP contribution is 2.45. The second-order valence-electron chi connectivity index (χ2n) is 30.5. The molecule has 3 unspecified atom stereocenters. The van der Waals surface area contributed by atoms with Crippen molar-refractivity contribution in [1.82, 2.24) is 63.5 Å². The first kappa shape index (κ1) is 83.3. The molecule has 0 bridgehead atoms. The number of piperazine rings is 3. The predicted octanol–water partition coefficient (Wildman–Crippen LogP) is 16.7. The minimum absolute atomic E-state index is 0. The number of hydrogen-bond donors (Lipinski definition) is 0. The fourth-order valence-electron chi connectivity index (χ4n) is 14.4. The first-order valence-corrected chi connectivity index (χ1v) is 40.3. The SMILES string of the molecule is C.C.CC(C)(C)OC(=O)N1CCN(C2c3ccccc3C(COS(C)(=O)=O)=Cc3cc(Br)cnc32)CC1.Cc1nccn1CC1=Cc2cc(Br)cnc2C(N2CCN(C(=O)OC(C)(C)C)CC2)c2ccccc21.Cc1nccn1CC1=Cc2cc(Br)cnc2C(N2CCN(C(=O)OC(C)(C)C)CC2)c2ccccc21. The van der Waals surface area contributed by atoms with Crippen LogP contribution in [0, 0.1) is 13.8 Å². The molecule has 109 heavy (non-hydrogen) atoms. The lowest BCUT2D eigenvalue weighted by Gasteiger charge is -2.40. The van der Waals surface area contributed by atoms with Crippen molar-refractivity contribution in [2.75, 3.05) is 91.4 Å². The molecule has 14 rings (SSSR count). The van der Waals surface area contributed by atoms with Gasteiger partial charge in [-0.1, -0.05) is 87.6 Å². The molecule has 22 nitrogen and oxygen atoms in total. The van der Waals surface area contributed by atoms with Crippen molar-refractivity contribution in [3.05, 3.63) is 227 Å². The number of imidazole rings is 2. The lowest BCUT2D eigenvalue weighted by molar-refractivity contribution is 0.0109. The molecular weight excluding hydrogens is 1590 g/mol. The Balaban J connectivity index is 0.000000173. The maximum atomic E-state index is 12.7. The number of allylic oxidation sites excluding steroid dienone is 2. The van der Waals surface area contributed by atoms with E-state index in [0.717, 1.165) is 121 Å². The number of aromatic nitrogens is 7. The van der Waals surface area contributed by atoms with Crippen LogP contribution in [0.1, 0.15) is 174 Å². The first-order chi connectivity index (χ1) is 50.8. The zero-order chi connectivity index (χ0) is 76.3. The second kappa shape index (κ2) is 35.0. The molecule has 6 aliphatic rings. The highest BCUT2D eigenvalue weighted by molar-refractivity contribution is 9.11. The van der Waals surface area contributed by atoms with Gasteiger partial charge >= 0.3 is 18.3 Å². The van der Waals surface area contributed by atoms with Gasteiger partial charge in [0.2, 0.25) is 0 Å². The van der Waals surface area contributed by atoms with Gasteiger partial charge < -0.3 is 38.0 Å². The van der Waals surface area contributed by atoms with Crippen LogP contribution in [0.4, 0.5) is 14.4 Å². The van der Waals surface area contributed by atoms with E-state index in [1.807, 2.05) is 160 Å². The predicted molar refractivity (Wildman–Crippen MR) is 441 cm³/mol. The molecule has 0 spiro atoms. The number of carbonyl (C=O) groups is 3. The molecule has 3 amide bonds. The molecule has 580 valence electrons. The molecule has 0 N–H and O–H groups in total. The zero-order valence-corrected chi connectivity index (χ0v) is 68.4. The van der Waals surface area contributed by atoms with Gasteiger partial charge in [-0.15, -0.1) is 0 Å². The number of nitrogens with zero attached hydrogens (tertiary/aromatic N) is 13. The molecule has 3 atom stereocenters. The summed E-state index contributed by atoms with van der Waals surface area (Å²) in [7, 11) is -3.61. The Bertz CT molecular complexity index is 4600. The minimum Gasteiger partial charge on any atom is -0.444 e. The molecule has 3 fully saturated rings. The maximum absolute atomic E-state index is 12.7. The summed E-state index contributed by atoms with van der Waals surface area (Å²) in [5.41, 5.74) is 14.6. The van der Waals surface area contributed by atoms with Gasteiger partial charge in [0.15, 0.2) is 0 Å². The molecule has 0 radical (unpaired) electrons. The van der Waals surface area contributed by atoms with Gasteiger partial charge in [-0.2, -0.15) is 8.42 Å². The summed E-state index contributed by atoms with van der Waals surface area (Å²) in [4.78, 5) is 73.9. The third kappa shape index (κ3) is 20.7. The summed E-state index contributed by atoms with van der Waals surface area (Å²) in [6.45, 7) is 30.3. The summed E-state index contributed by atoms with van der Waals surface area (Å²) >= 11 is 10.8. The zero-order valence-electron chi connectivity index (χ0n) is 62.8. The normalized spacial score (nSPS) is 18.1. The Morgan fingerprint density at radius 1 is 0.440 bits per heavy atom. The third-order valence-corrected chi connectivity index (χ3v) is 21.1.